The molecular weight excluding hydrogens is 242 g/mol. The highest BCUT2D eigenvalue weighted by Crippen LogP contribution is 2.56. The smallest absolute Gasteiger partial charge is 0.00149 e. The summed E-state index contributed by atoms with van der Waals surface area (Å²) < 4.78 is 0. The molecular formula is C19H23N. The maximum absolute atomic E-state index is 3.43. The van der Waals surface area contributed by atoms with Gasteiger partial charge in [0.1, 0.15) is 0 Å². The van der Waals surface area contributed by atoms with Gasteiger partial charge in [0.2, 0.25) is 0 Å². The molecule has 0 spiro atoms. The van der Waals surface area contributed by atoms with Gasteiger partial charge in [-0.3, -0.25) is 0 Å². The number of hydrogen-bond donors (Lipinski definition) is 1. The second kappa shape index (κ2) is 4.89. The van der Waals surface area contributed by atoms with Gasteiger partial charge in [0, 0.05) is 0 Å². The standard InChI is InChI=1S/C19H23N/c1-20-12-18-15-7-9-17(11-15)19(18)16-8-6-13-4-2-3-5-14(13)10-16/h2-6,8,10,15,17-20H,7,9,11-12H2,1H3/t15-,17-,18-,19-/m1/s1. The van der Waals surface area contributed by atoms with E-state index in [4.69, 9.17) is 0 Å². The van der Waals surface area contributed by atoms with E-state index in [1.807, 2.05) is 0 Å². The lowest BCUT2D eigenvalue weighted by Crippen LogP contribution is -2.29. The minimum Gasteiger partial charge on any atom is -0.319 e. The van der Waals surface area contributed by atoms with Gasteiger partial charge in [-0.2, -0.15) is 0 Å². The number of hydrogen-bond acceptors (Lipinski definition) is 1. The monoisotopic (exact) mass is 265 g/mol. The van der Waals surface area contributed by atoms with Gasteiger partial charge in [-0.15, -0.1) is 0 Å². The molecule has 0 radical (unpaired) electrons. The van der Waals surface area contributed by atoms with Gasteiger partial charge in [-0.25, -0.2) is 0 Å². The lowest BCUT2D eigenvalue weighted by atomic mass is 9.75. The van der Waals surface area contributed by atoms with E-state index in [0.29, 0.717) is 0 Å². The summed E-state index contributed by atoms with van der Waals surface area (Å²) in [5.74, 6) is 3.52. The summed E-state index contributed by atoms with van der Waals surface area (Å²) in [7, 11) is 2.10. The summed E-state index contributed by atoms with van der Waals surface area (Å²) >= 11 is 0. The van der Waals surface area contributed by atoms with E-state index >= 15 is 0 Å². The minimum absolute atomic E-state index is 0.783. The van der Waals surface area contributed by atoms with Gasteiger partial charge in [-0.05, 0) is 72.9 Å². The first-order valence-corrected chi connectivity index (χ1v) is 8.00. The predicted molar refractivity (Wildman–Crippen MR) is 84.9 cm³/mol. The minimum atomic E-state index is 0.783. The highest BCUT2D eigenvalue weighted by Gasteiger charge is 2.47. The molecule has 2 saturated carbocycles. The maximum atomic E-state index is 3.43. The molecule has 2 aliphatic carbocycles. The molecule has 1 N–H and O–H groups in total. The third-order valence-corrected chi connectivity index (χ3v) is 5.69. The number of fused-ring (bicyclic) bond motifs is 3. The Morgan fingerprint density at radius 3 is 2.65 bits per heavy atom. The fourth-order valence-corrected chi connectivity index (χ4v) is 4.87. The van der Waals surface area contributed by atoms with Crippen molar-refractivity contribution in [2.24, 2.45) is 17.8 Å². The first kappa shape index (κ1) is 12.4. The molecule has 2 fully saturated rings. The maximum Gasteiger partial charge on any atom is -0.00149 e. The van der Waals surface area contributed by atoms with Crippen LogP contribution in [0.25, 0.3) is 10.8 Å². The molecule has 2 aromatic rings. The molecule has 4 rings (SSSR count). The first-order chi connectivity index (χ1) is 9.86. The second-order valence-corrected chi connectivity index (χ2v) is 6.69. The van der Waals surface area contributed by atoms with Crippen molar-refractivity contribution >= 4 is 10.8 Å². The lowest BCUT2D eigenvalue weighted by molar-refractivity contribution is 0.282. The molecule has 4 atom stereocenters. The summed E-state index contributed by atoms with van der Waals surface area (Å²) in [6, 6.07) is 15.9. The molecule has 1 heteroatoms. The SMILES string of the molecule is CNC[C@@H]1[C@@H]2CC[C@H](C2)[C@H]1c1ccc2ccccc2c1. The lowest BCUT2D eigenvalue weighted by Gasteiger charge is -2.31. The van der Waals surface area contributed by atoms with Crippen LogP contribution in [0.3, 0.4) is 0 Å². The summed E-state index contributed by atoms with van der Waals surface area (Å²) in [4.78, 5) is 0. The molecule has 0 unspecified atom stereocenters. The third kappa shape index (κ3) is 1.88. The highest BCUT2D eigenvalue weighted by molar-refractivity contribution is 5.83. The zero-order valence-electron chi connectivity index (χ0n) is 12.2. The van der Waals surface area contributed by atoms with Crippen molar-refractivity contribution in [3.8, 4) is 0 Å². The van der Waals surface area contributed by atoms with Crippen molar-refractivity contribution in [1.82, 2.24) is 5.32 Å². The molecule has 2 bridgehead atoms. The molecule has 0 amide bonds. The average molecular weight is 265 g/mol. The summed E-state index contributed by atoms with van der Waals surface area (Å²) in [5, 5.41) is 6.20. The molecule has 0 aliphatic heterocycles. The fraction of sp³-hybridized carbons (Fsp3) is 0.474. The van der Waals surface area contributed by atoms with Gasteiger partial charge >= 0.3 is 0 Å². The molecule has 0 heterocycles. The number of rotatable bonds is 3. The molecule has 2 aliphatic rings. The Morgan fingerprint density at radius 2 is 1.80 bits per heavy atom. The van der Waals surface area contributed by atoms with Crippen molar-refractivity contribution in [1.29, 1.82) is 0 Å². The van der Waals surface area contributed by atoms with E-state index < -0.39 is 0 Å². The Hall–Kier alpha value is -1.34. The van der Waals surface area contributed by atoms with E-state index in [1.165, 1.54) is 36.6 Å². The van der Waals surface area contributed by atoms with Gasteiger partial charge in [0.05, 0.1) is 0 Å². The molecule has 104 valence electrons. The zero-order chi connectivity index (χ0) is 13.5. The number of benzene rings is 2. The van der Waals surface area contributed by atoms with Gasteiger partial charge < -0.3 is 5.32 Å². The van der Waals surface area contributed by atoms with Crippen LogP contribution >= 0.6 is 0 Å². The van der Waals surface area contributed by atoms with Crippen molar-refractivity contribution < 1.29 is 0 Å². The fourth-order valence-electron chi connectivity index (χ4n) is 4.87. The zero-order valence-corrected chi connectivity index (χ0v) is 12.2. The Balaban J connectivity index is 1.73. The first-order valence-electron chi connectivity index (χ1n) is 8.00. The molecule has 0 saturated heterocycles. The van der Waals surface area contributed by atoms with E-state index in [9.17, 15) is 0 Å². The normalized spacial score (nSPS) is 32.0. The summed E-state index contributed by atoms with van der Waals surface area (Å²) in [5.41, 5.74) is 1.58. The van der Waals surface area contributed by atoms with Crippen LogP contribution < -0.4 is 5.32 Å². The van der Waals surface area contributed by atoms with Crippen LogP contribution in [0.1, 0.15) is 30.7 Å². The van der Waals surface area contributed by atoms with Crippen LogP contribution in [0.2, 0.25) is 0 Å². The van der Waals surface area contributed by atoms with Crippen LogP contribution in [-0.4, -0.2) is 13.6 Å². The molecule has 2 aromatic carbocycles. The van der Waals surface area contributed by atoms with Crippen LogP contribution in [0, 0.1) is 17.8 Å². The molecule has 1 nitrogen and oxygen atoms in total. The van der Waals surface area contributed by atoms with E-state index in [-0.39, 0.29) is 0 Å². The largest absolute Gasteiger partial charge is 0.319 e. The van der Waals surface area contributed by atoms with E-state index in [2.05, 4.69) is 54.8 Å². The second-order valence-electron chi connectivity index (χ2n) is 6.69. The van der Waals surface area contributed by atoms with E-state index in [1.54, 1.807) is 5.56 Å². The van der Waals surface area contributed by atoms with Crippen molar-refractivity contribution in [2.75, 3.05) is 13.6 Å². The van der Waals surface area contributed by atoms with Crippen LogP contribution in [0.5, 0.6) is 0 Å². The van der Waals surface area contributed by atoms with Gasteiger partial charge in [-0.1, -0.05) is 42.5 Å². The highest BCUT2D eigenvalue weighted by atomic mass is 14.8. The third-order valence-electron chi connectivity index (χ3n) is 5.69. The van der Waals surface area contributed by atoms with Crippen molar-refractivity contribution in [3.63, 3.8) is 0 Å². The Morgan fingerprint density at radius 1 is 1.00 bits per heavy atom. The Labute approximate surface area is 121 Å². The van der Waals surface area contributed by atoms with Crippen LogP contribution in [-0.2, 0) is 0 Å². The van der Waals surface area contributed by atoms with Crippen molar-refractivity contribution in [2.45, 2.75) is 25.2 Å². The number of nitrogens with one attached hydrogen (secondary N) is 1. The topological polar surface area (TPSA) is 12.0 Å². The Kier molecular flexibility index (Phi) is 3.03. The molecule has 0 aromatic heterocycles. The predicted octanol–water partition coefficient (Wildman–Crippen LogP) is 4.19. The summed E-state index contributed by atoms with van der Waals surface area (Å²) in [6.07, 6.45) is 4.37. The molecule has 20 heavy (non-hydrogen) atoms. The quantitative estimate of drug-likeness (QED) is 0.877. The average Bonchev–Trinajstić information content (AvgIpc) is 3.08. The summed E-state index contributed by atoms with van der Waals surface area (Å²) in [6.45, 7) is 1.18. The Bertz CT molecular complexity index is 618. The van der Waals surface area contributed by atoms with Crippen LogP contribution in [0.15, 0.2) is 42.5 Å². The van der Waals surface area contributed by atoms with Gasteiger partial charge in [0.25, 0.3) is 0 Å². The van der Waals surface area contributed by atoms with Gasteiger partial charge in [0.15, 0.2) is 0 Å². The van der Waals surface area contributed by atoms with Crippen LogP contribution in [0.4, 0.5) is 0 Å². The van der Waals surface area contributed by atoms with Crippen molar-refractivity contribution in [3.05, 3.63) is 48.0 Å². The van der Waals surface area contributed by atoms with E-state index in [0.717, 1.165) is 23.7 Å².